The van der Waals surface area contributed by atoms with Gasteiger partial charge in [0.1, 0.15) is 12.2 Å². The lowest BCUT2D eigenvalue weighted by Crippen LogP contribution is -2.60. The Labute approximate surface area is 150 Å². The molecule has 134 valence electrons. The molecule has 0 aromatic carbocycles. The topological polar surface area (TPSA) is 59.8 Å². The normalized spacial score (nSPS) is 25.5. The number of thiophene rings is 1. The van der Waals surface area contributed by atoms with E-state index in [1.165, 1.54) is 4.88 Å². The summed E-state index contributed by atoms with van der Waals surface area (Å²) in [6, 6.07) is 4.22. The number of hydrogen-bond acceptors (Lipinski definition) is 6. The second-order valence-corrected chi connectivity index (χ2v) is 7.70. The molecule has 1 spiro atoms. The van der Waals surface area contributed by atoms with Gasteiger partial charge >= 0.3 is 0 Å². The summed E-state index contributed by atoms with van der Waals surface area (Å²) in [5.41, 5.74) is 0.307. The van der Waals surface area contributed by atoms with E-state index in [9.17, 15) is 4.79 Å². The van der Waals surface area contributed by atoms with Crippen molar-refractivity contribution in [2.75, 3.05) is 44.4 Å². The van der Waals surface area contributed by atoms with E-state index in [4.69, 9.17) is 9.47 Å². The van der Waals surface area contributed by atoms with Gasteiger partial charge in [0.15, 0.2) is 0 Å². The number of aryl methyl sites for hydroxylation is 1. The van der Waals surface area contributed by atoms with E-state index in [-0.39, 0.29) is 12.5 Å². The van der Waals surface area contributed by atoms with E-state index in [0.717, 1.165) is 25.3 Å². The summed E-state index contributed by atoms with van der Waals surface area (Å²) < 4.78 is 13.6. The van der Waals surface area contributed by atoms with Crippen LogP contribution in [0.3, 0.4) is 0 Å². The Bertz CT molecular complexity index is 732. The summed E-state index contributed by atoms with van der Waals surface area (Å²) in [7, 11) is 1.85. The fraction of sp³-hybridized carbons (Fsp3) is 0.529. The molecule has 4 rings (SSSR count). The van der Waals surface area contributed by atoms with Crippen LogP contribution in [0.15, 0.2) is 29.9 Å². The van der Waals surface area contributed by atoms with Crippen molar-refractivity contribution in [1.82, 2.24) is 14.7 Å². The van der Waals surface area contributed by atoms with Crippen molar-refractivity contribution in [2.24, 2.45) is 7.05 Å². The minimum absolute atomic E-state index is 0.0346. The molecule has 0 aliphatic carbocycles. The Morgan fingerprint density at radius 1 is 1.40 bits per heavy atom. The highest BCUT2D eigenvalue weighted by molar-refractivity contribution is 7.09. The van der Waals surface area contributed by atoms with Crippen LogP contribution < -0.4 is 4.90 Å². The van der Waals surface area contributed by atoms with Crippen molar-refractivity contribution >= 4 is 22.9 Å². The number of rotatable bonds is 3. The Balaban J connectivity index is 1.53. The number of carbonyl (C=O) groups excluding carboxylic acids is 1. The lowest BCUT2D eigenvalue weighted by atomic mass is 10.0. The fourth-order valence-corrected chi connectivity index (χ4v) is 4.17. The van der Waals surface area contributed by atoms with Crippen molar-refractivity contribution in [3.63, 3.8) is 0 Å². The van der Waals surface area contributed by atoms with Gasteiger partial charge in [-0.1, -0.05) is 6.07 Å². The number of ether oxygens (including phenoxy) is 2. The minimum atomic E-state index is -0.502. The number of carbonyl (C=O) groups is 1. The zero-order valence-corrected chi connectivity index (χ0v) is 15.1. The second kappa shape index (κ2) is 6.87. The molecule has 2 fully saturated rings. The molecule has 2 aliphatic rings. The summed E-state index contributed by atoms with van der Waals surface area (Å²) >= 11 is 1.76. The lowest BCUT2D eigenvalue weighted by molar-refractivity contribution is -0.146. The quantitative estimate of drug-likeness (QED) is 0.819. The van der Waals surface area contributed by atoms with Crippen LogP contribution in [-0.4, -0.2) is 65.6 Å². The molecule has 2 saturated heterocycles. The van der Waals surface area contributed by atoms with Crippen LogP contribution in [0, 0.1) is 0 Å². The molecule has 4 heterocycles. The molecule has 2 aromatic rings. The summed E-state index contributed by atoms with van der Waals surface area (Å²) in [5, 5.41) is 6.28. The molecule has 8 heteroatoms. The lowest BCUT2D eigenvalue weighted by Gasteiger charge is -2.42. The van der Waals surface area contributed by atoms with Gasteiger partial charge in [-0.15, -0.1) is 11.3 Å². The Morgan fingerprint density at radius 2 is 2.32 bits per heavy atom. The maximum atomic E-state index is 12.4. The number of anilines is 1. The van der Waals surface area contributed by atoms with Gasteiger partial charge in [0.05, 0.1) is 31.6 Å². The highest BCUT2D eigenvalue weighted by Gasteiger charge is 2.43. The first-order chi connectivity index (χ1) is 12.1. The van der Waals surface area contributed by atoms with Gasteiger partial charge in [-0.2, -0.15) is 5.10 Å². The monoisotopic (exact) mass is 362 g/mol. The van der Waals surface area contributed by atoms with Crippen molar-refractivity contribution in [3.05, 3.63) is 34.8 Å². The smallest absolute Gasteiger partial charge is 0.253 e. The van der Waals surface area contributed by atoms with E-state index in [1.54, 1.807) is 27.1 Å². The third-order valence-electron chi connectivity index (χ3n) is 4.64. The molecule has 0 bridgehead atoms. The van der Waals surface area contributed by atoms with Crippen LogP contribution >= 0.6 is 11.3 Å². The molecule has 0 radical (unpaired) electrons. The van der Waals surface area contributed by atoms with Gasteiger partial charge in [-0.3, -0.25) is 14.4 Å². The molecule has 1 atom stereocenters. The molecule has 1 amide bonds. The maximum Gasteiger partial charge on any atom is 0.253 e. The van der Waals surface area contributed by atoms with Crippen LogP contribution in [0.2, 0.25) is 0 Å². The average Bonchev–Trinajstić information content (AvgIpc) is 3.21. The average molecular weight is 362 g/mol. The fourth-order valence-electron chi connectivity index (χ4n) is 3.42. The van der Waals surface area contributed by atoms with Crippen molar-refractivity contribution in [3.8, 4) is 0 Å². The minimum Gasteiger partial charge on any atom is -0.377 e. The summed E-state index contributed by atoms with van der Waals surface area (Å²) in [4.78, 5) is 17.8. The Hall–Kier alpha value is -1.74. The molecule has 0 N–H and O–H groups in total. The van der Waals surface area contributed by atoms with E-state index < -0.39 is 5.60 Å². The predicted octanol–water partition coefficient (Wildman–Crippen LogP) is 1.12. The van der Waals surface area contributed by atoms with Gasteiger partial charge in [0.2, 0.25) is 0 Å². The van der Waals surface area contributed by atoms with Crippen LogP contribution in [0.25, 0.3) is 0 Å². The van der Waals surface area contributed by atoms with Gasteiger partial charge in [-0.25, -0.2) is 0 Å². The highest BCUT2D eigenvalue weighted by Crippen LogP contribution is 2.27. The number of amides is 1. The van der Waals surface area contributed by atoms with Crippen molar-refractivity contribution in [2.45, 2.75) is 12.1 Å². The summed E-state index contributed by atoms with van der Waals surface area (Å²) in [5.74, 6) is -0.0346. The molecule has 25 heavy (non-hydrogen) atoms. The SMILES string of the molecule is Cn1cc(N2C[C@@]3(COCCN(Cc4cccs4)C3)OCC2=O)cn1. The molecule has 2 aromatic heterocycles. The summed E-state index contributed by atoms with van der Waals surface area (Å²) in [6.07, 6.45) is 3.58. The third-order valence-corrected chi connectivity index (χ3v) is 5.50. The number of morpholine rings is 1. The number of nitrogens with zero attached hydrogens (tertiary/aromatic N) is 4. The third kappa shape index (κ3) is 3.62. The Morgan fingerprint density at radius 3 is 3.08 bits per heavy atom. The highest BCUT2D eigenvalue weighted by atomic mass is 32.1. The predicted molar refractivity (Wildman–Crippen MR) is 94.7 cm³/mol. The van der Waals surface area contributed by atoms with Gasteiger partial charge in [0, 0.05) is 37.8 Å². The van der Waals surface area contributed by atoms with E-state index >= 15 is 0 Å². The van der Waals surface area contributed by atoms with E-state index in [0.29, 0.717) is 19.8 Å². The first-order valence-electron chi connectivity index (χ1n) is 8.39. The van der Waals surface area contributed by atoms with E-state index in [2.05, 4.69) is 27.5 Å². The summed E-state index contributed by atoms with van der Waals surface area (Å²) in [6.45, 7) is 4.23. The second-order valence-electron chi connectivity index (χ2n) is 6.67. The molecule has 7 nitrogen and oxygen atoms in total. The van der Waals surface area contributed by atoms with Crippen LogP contribution in [-0.2, 0) is 27.9 Å². The molecule has 0 unspecified atom stereocenters. The first-order valence-corrected chi connectivity index (χ1v) is 9.27. The molecule has 0 saturated carbocycles. The van der Waals surface area contributed by atoms with Gasteiger partial charge < -0.3 is 14.4 Å². The van der Waals surface area contributed by atoms with Crippen molar-refractivity contribution < 1.29 is 14.3 Å². The van der Waals surface area contributed by atoms with Crippen molar-refractivity contribution in [1.29, 1.82) is 0 Å². The number of hydrogen-bond donors (Lipinski definition) is 0. The molecular weight excluding hydrogens is 340 g/mol. The first kappa shape index (κ1) is 16.7. The Kier molecular flexibility index (Phi) is 4.60. The maximum absolute atomic E-state index is 12.4. The van der Waals surface area contributed by atoms with Gasteiger partial charge in [-0.05, 0) is 11.4 Å². The van der Waals surface area contributed by atoms with Crippen LogP contribution in [0.1, 0.15) is 4.88 Å². The zero-order chi connectivity index (χ0) is 17.3. The van der Waals surface area contributed by atoms with Gasteiger partial charge in [0.25, 0.3) is 5.91 Å². The van der Waals surface area contributed by atoms with E-state index in [1.807, 2.05) is 13.2 Å². The van der Waals surface area contributed by atoms with Crippen LogP contribution in [0.4, 0.5) is 5.69 Å². The van der Waals surface area contributed by atoms with Crippen LogP contribution in [0.5, 0.6) is 0 Å². The largest absolute Gasteiger partial charge is 0.377 e. The standard InChI is InChI=1S/C17H22N4O3S/c1-19-8-14(7-18-19)21-12-17(24-10-16(21)22)11-20(4-5-23-13-17)9-15-3-2-6-25-15/h2-3,6-8H,4-5,9-13H2,1H3/t17-/m0/s1. The molecule has 2 aliphatic heterocycles. The zero-order valence-electron chi connectivity index (χ0n) is 14.3. The number of aromatic nitrogens is 2. The molecular formula is C17H22N4O3S.